The van der Waals surface area contributed by atoms with Crippen molar-refractivity contribution in [2.75, 3.05) is 18.9 Å². The molecule has 0 aromatic heterocycles. The number of benzene rings is 1. The molecule has 1 heterocycles. The number of anilines is 1. The molecule has 1 aromatic rings. The van der Waals surface area contributed by atoms with Crippen molar-refractivity contribution in [1.29, 1.82) is 0 Å². The van der Waals surface area contributed by atoms with E-state index in [9.17, 15) is 4.79 Å². The van der Waals surface area contributed by atoms with Crippen LogP contribution in [-0.2, 0) is 9.47 Å². The molecule has 0 amide bonds. The van der Waals surface area contributed by atoms with Gasteiger partial charge in [0.05, 0.1) is 18.3 Å². The highest BCUT2D eigenvalue weighted by molar-refractivity contribution is 5.95. The molecular formula is C14H19NO3. The Hall–Kier alpha value is -1.55. The van der Waals surface area contributed by atoms with E-state index in [1.54, 1.807) is 12.1 Å². The molecule has 0 saturated carbocycles. The predicted molar refractivity (Wildman–Crippen MR) is 69.5 cm³/mol. The Balaban J connectivity index is 1.85. The van der Waals surface area contributed by atoms with Crippen LogP contribution in [-0.4, -0.2) is 25.3 Å². The summed E-state index contributed by atoms with van der Waals surface area (Å²) in [4.78, 5) is 11.8. The van der Waals surface area contributed by atoms with E-state index in [1.807, 2.05) is 13.0 Å². The maximum absolute atomic E-state index is 11.8. The van der Waals surface area contributed by atoms with Crippen molar-refractivity contribution in [2.24, 2.45) is 0 Å². The minimum absolute atomic E-state index is 0.243. The van der Waals surface area contributed by atoms with Crippen molar-refractivity contribution >= 4 is 11.7 Å². The quantitative estimate of drug-likeness (QED) is 0.657. The predicted octanol–water partition coefficient (Wildman–Crippen LogP) is 2.30. The molecule has 1 aliphatic heterocycles. The second-order valence-corrected chi connectivity index (χ2v) is 4.65. The van der Waals surface area contributed by atoms with Gasteiger partial charge in [0.25, 0.3) is 0 Å². The molecule has 0 spiro atoms. The van der Waals surface area contributed by atoms with Crippen molar-refractivity contribution in [1.82, 2.24) is 0 Å². The molecule has 0 radical (unpaired) electrons. The zero-order valence-corrected chi connectivity index (χ0v) is 10.6. The van der Waals surface area contributed by atoms with Gasteiger partial charge in [0, 0.05) is 18.7 Å². The number of carbonyl (C=O) groups excluding carboxylic acids is 1. The van der Waals surface area contributed by atoms with Crippen molar-refractivity contribution in [2.45, 2.75) is 32.3 Å². The summed E-state index contributed by atoms with van der Waals surface area (Å²) < 4.78 is 10.7. The van der Waals surface area contributed by atoms with Gasteiger partial charge in [-0.1, -0.05) is 11.6 Å². The number of hydrogen-bond donors (Lipinski definition) is 1. The molecule has 98 valence electrons. The monoisotopic (exact) mass is 249 g/mol. The van der Waals surface area contributed by atoms with Crippen LogP contribution in [0.2, 0.25) is 0 Å². The van der Waals surface area contributed by atoms with Crippen molar-refractivity contribution in [3.05, 3.63) is 29.3 Å². The van der Waals surface area contributed by atoms with E-state index in [2.05, 4.69) is 0 Å². The number of nitrogen functional groups attached to an aromatic ring is 1. The number of aryl methyl sites for hydroxylation is 1. The molecule has 4 nitrogen and oxygen atoms in total. The number of hydrogen-bond acceptors (Lipinski definition) is 4. The molecule has 2 rings (SSSR count). The molecule has 1 unspecified atom stereocenters. The number of nitrogens with two attached hydrogens (primary N) is 1. The first-order chi connectivity index (χ1) is 8.66. The first-order valence-electron chi connectivity index (χ1n) is 6.31. The smallest absolute Gasteiger partial charge is 0.340 e. The van der Waals surface area contributed by atoms with Crippen LogP contribution in [0.1, 0.15) is 35.2 Å². The van der Waals surface area contributed by atoms with Gasteiger partial charge in [-0.3, -0.25) is 0 Å². The van der Waals surface area contributed by atoms with Crippen molar-refractivity contribution < 1.29 is 14.3 Å². The van der Waals surface area contributed by atoms with Crippen molar-refractivity contribution in [3.8, 4) is 0 Å². The fraction of sp³-hybridized carbons (Fsp3) is 0.500. The molecule has 1 atom stereocenters. The molecule has 18 heavy (non-hydrogen) atoms. The van der Waals surface area contributed by atoms with Crippen LogP contribution in [0, 0.1) is 6.92 Å². The second-order valence-electron chi connectivity index (χ2n) is 4.65. The molecule has 1 aromatic carbocycles. The van der Waals surface area contributed by atoms with E-state index in [0.29, 0.717) is 17.9 Å². The zero-order valence-electron chi connectivity index (χ0n) is 10.6. The Morgan fingerprint density at radius 2 is 2.39 bits per heavy atom. The summed E-state index contributed by atoms with van der Waals surface area (Å²) in [6.45, 7) is 3.13. The molecule has 1 fully saturated rings. The third-order valence-electron chi connectivity index (χ3n) is 3.13. The summed E-state index contributed by atoms with van der Waals surface area (Å²) in [5.74, 6) is -0.353. The van der Waals surface area contributed by atoms with Crippen LogP contribution in [0.3, 0.4) is 0 Å². The summed E-state index contributed by atoms with van der Waals surface area (Å²) in [6.07, 6.45) is 3.16. The summed E-state index contributed by atoms with van der Waals surface area (Å²) >= 11 is 0. The molecule has 0 bridgehead atoms. The molecule has 1 saturated heterocycles. The minimum atomic E-state index is -0.353. The Morgan fingerprint density at radius 1 is 1.56 bits per heavy atom. The summed E-state index contributed by atoms with van der Waals surface area (Å²) in [5.41, 5.74) is 7.66. The van der Waals surface area contributed by atoms with E-state index in [-0.39, 0.29) is 12.1 Å². The topological polar surface area (TPSA) is 61.6 Å². The van der Waals surface area contributed by atoms with Crippen molar-refractivity contribution in [3.63, 3.8) is 0 Å². The highest BCUT2D eigenvalue weighted by atomic mass is 16.5. The number of ether oxygens (including phenoxy) is 2. The lowest BCUT2D eigenvalue weighted by atomic mass is 10.1. The van der Waals surface area contributed by atoms with Crippen LogP contribution >= 0.6 is 0 Å². The number of carbonyl (C=O) groups is 1. The summed E-state index contributed by atoms with van der Waals surface area (Å²) in [6, 6.07) is 5.36. The molecule has 4 heteroatoms. The van der Waals surface area contributed by atoms with E-state index in [4.69, 9.17) is 15.2 Å². The summed E-state index contributed by atoms with van der Waals surface area (Å²) in [7, 11) is 0. The minimum Gasteiger partial charge on any atom is -0.462 e. The van der Waals surface area contributed by atoms with Gasteiger partial charge < -0.3 is 15.2 Å². The lowest BCUT2D eigenvalue weighted by Crippen LogP contribution is -2.14. The average Bonchev–Trinajstić information content (AvgIpc) is 2.85. The van der Waals surface area contributed by atoms with Crippen LogP contribution in [0.4, 0.5) is 5.69 Å². The van der Waals surface area contributed by atoms with Crippen LogP contribution in [0.5, 0.6) is 0 Å². The lowest BCUT2D eigenvalue weighted by Gasteiger charge is -2.10. The van der Waals surface area contributed by atoms with E-state index >= 15 is 0 Å². The van der Waals surface area contributed by atoms with E-state index in [0.717, 1.165) is 31.4 Å². The third-order valence-corrected chi connectivity index (χ3v) is 3.13. The maximum Gasteiger partial charge on any atom is 0.340 e. The van der Waals surface area contributed by atoms with Gasteiger partial charge in [-0.05, 0) is 31.9 Å². The van der Waals surface area contributed by atoms with Gasteiger partial charge in [-0.25, -0.2) is 4.79 Å². The maximum atomic E-state index is 11.8. The molecule has 1 aliphatic rings. The normalized spacial score (nSPS) is 18.8. The van der Waals surface area contributed by atoms with Gasteiger partial charge in [0.1, 0.15) is 0 Å². The lowest BCUT2D eigenvalue weighted by molar-refractivity contribution is 0.0387. The highest BCUT2D eigenvalue weighted by Gasteiger charge is 2.17. The van der Waals surface area contributed by atoms with Gasteiger partial charge >= 0.3 is 5.97 Å². The third kappa shape index (κ3) is 3.23. The standard InChI is InChI=1S/C14H19NO3/c1-10-4-5-13(15)12(9-10)14(16)18-8-6-11-3-2-7-17-11/h4-5,9,11H,2-3,6-8,15H2,1H3. The average molecular weight is 249 g/mol. The first kappa shape index (κ1) is 12.9. The van der Waals surface area contributed by atoms with E-state index in [1.165, 1.54) is 0 Å². The largest absolute Gasteiger partial charge is 0.462 e. The Morgan fingerprint density at radius 3 is 3.11 bits per heavy atom. The fourth-order valence-corrected chi connectivity index (χ4v) is 2.08. The van der Waals surface area contributed by atoms with Gasteiger partial charge in [-0.2, -0.15) is 0 Å². The van der Waals surface area contributed by atoms with Gasteiger partial charge in [0.15, 0.2) is 0 Å². The Kier molecular flexibility index (Phi) is 4.20. The fourth-order valence-electron chi connectivity index (χ4n) is 2.08. The van der Waals surface area contributed by atoms with Crippen LogP contribution in [0.15, 0.2) is 18.2 Å². The Labute approximate surface area is 107 Å². The van der Waals surface area contributed by atoms with E-state index < -0.39 is 0 Å². The second kappa shape index (κ2) is 5.87. The highest BCUT2D eigenvalue weighted by Crippen LogP contribution is 2.17. The molecule has 0 aliphatic carbocycles. The number of rotatable bonds is 4. The van der Waals surface area contributed by atoms with Gasteiger partial charge in [0.2, 0.25) is 0 Å². The first-order valence-corrected chi connectivity index (χ1v) is 6.31. The van der Waals surface area contributed by atoms with Crippen LogP contribution < -0.4 is 5.73 Å². The zero-order chi connectivity index (χ0) is 13.0. The number of esters is 1. The Bertz CT molecular complexity index is 425. The SMILES string of the molecule is Cc1ccc(N)c(C(=O)OCCC2CCCO2)c1. The molecule has 2 N–H and O–H groups in total. The van der Waals surface area contributed by atoms with Gasteiger partial charge in [-0.15, -0.1) is 0 Å². The summed E-state index contributed by atoms with van der Waals surface area (Å²) in [5, 5.41) is 0. The van der Waals surface area contributed by atoms with Crippen LogP contribution in [0.25, 0.3) is 0 Å². The molecular weight excluding hydrogens is 230 g/mol.